The first-order chi connectivity index (χ1) is 11.7. The molecule has 1 aliphatic heterocycles. The Morgan fingerprint density at radius 1 is 1.36 bits per heavy atom. The van der Waals surface area contributed by atoms with Crippen molar-refractivity contribution in [2.24, 2.45) is 0 Å². The maximum atomic E-state index is 11.3. The maximum absolute atomic E-state index is 11.3. The molecule has 0 saturated carbocycles. The van der Waals surface area contributed by atoms with E-state index >= 15 is 0 Å². The number of ether oxygens (including phenoxy) is 2. The summed E-state index contributed by atoms with van der Waals surface area (Å²) in [6.45, 7) is 10.1. The Bertz CT molecular complexity index is 536. The molecular formula is C20H32O4Si. The molecule has 0 aromatic carbocycles. The number of esters is 1. The molecule has 1 fully saturated rings. The van der Waals surface area contributed by atoms with Gasteiger partial charge in [0.25, 0.3) is 0 Å². The van der Waals surface area contributed by atoms with Gasteiger partial charge in [-0.15, -0.1) is 5.54 Å². The highest BCUT2D eigenvalue weighted by Crippen LogP contribution is 2.29. The third-order valence-corrected chi connectivity index (χ3v) is 4.67. The predicted octanol–water partition coefficient (Wildman–Crippen LogP) is 3.62. The van der Waals surface area contributed by atoms with E-state index in [1.807, 2.05) is 24.3 Å². The molecule has 1 N–H and O–H groups in total. The van der Waals surface area contributed by atoms with Crippen LogP contribution in [0.3, 0.4) is 0 Å². The van der Waals surface area contributed by atoms with Crippen molar-refractivity contribution in [3.05, 3.63) is 24.3 Å². The van der Waals surface area contributed by atoms with Crippen LogP contribution in [0.25, 0.3) is 0 Å². The molecule has 0 aromatic rings. The summed E-state index contributed by atoms with van der Waals surface area (Å²) in [5, 5.41) is 10.3. The number of carbonyl (C=O) groups excluding carboxylic acids is 1. The van der Waals surface area contributed by atoms with Crippen LogP contribution in [-0.4, -0.2) is 43.6 Å². The molecule has 5 heteroatoms. The molecule has 0 amide bonds. The zero-order valence-corrected chi connectivity index (χ0v) is 17.1. The summed E-state index contributed by atoms with van der Waals surface area (Å²) in [4.78, 5) is 11.3. The van der Waals surface area contributed by atoms with Gasteiger partial charge in [0.1, 0.15) is 14.2 Å². The largest absolute Gasteiger partial charge is 0.460 e. The fraction of sp³-hybridized carbons (Fsp3) is 0.650. The Balaban J connectivity index is 2.64. The monoisotopic (exact) mass is 364 g/mol. The fourth-order valence-corrected chi connectivity index (χ4v) is 3.13. The van der Waals surface area contributed by atoms with Crippen LogP contribution in [0.15, 0.2) is 24.3 Å². The number of rotatable bonds is 7. The maximum Gasteiger partial charge on any atom is 0.302 e. The Morgan fingerprint density at radius 3 is 2.68 bits per heavy atom. The van der Waals surface area contributed by atoms with Crippen molar-refractivity contribution in [3.8, 4) is 11.5 Å². The van der Waals surface area contributed by atoms with E-state index in [9.17, 15) is 9.90 Å². The van der Waals surface area contributed by atoms with Crippen molar-refractivity contribution < 1.29 is 19.4 Å². The summed E-state index contributed by atoms with van der Waals surface area (Å²) in [6, 6.07) is 0. The Labute approximate surface area is 153 Å². The van der Waals surface area contributed by atoms with Crippen LogP contribution in [0.4, 0.5) is 0 Å². The van der Waals surface area contributed by atoms with Gasteiger partial charge in [0.05, 0.1) is 18.3 Å². The van der Waals surface area contributed by atoms with Crippen molar-refractivity contribution >= 4 is 14.0 Å². The standard InChI is InChI=1S/C20H32O4Si/c1-6-7-9-12-17(22)19-15-20(23-16(2)21)18(24-19)13-10-8-11-14-25(3,4)5/h7-10,17-20,22H,6,12-13,15H2,1-5H3/b9-7+,10-8+/t17-,18+,19+,20+/m0/s1. The minimum atomic E-state index is -1.37. The molecule has 4 atom stereocenters. The molecule has 1 aliphatic rings. The molecule has 0 unspecified atom stereocenters. The van der Waals surface area contributed by atoms with Gasteiger partial charge in [-0.3, -0.25) is 4.79 Å². The van der Waals surface area contributed by atoms with E-state index < -0.39 is 14.2 Å². The van der Waals surface area contributed by atoms with Crippen LogP contribution in [0, 0.1) is 11.5 Å². The van der Waals surface area contributed by atoms with Crippen LogP contribution in [0.5, 0.6) is 0 Å². The average molecular weight is 365 g/mol. The van der Waals surface area contributed by atoms with Crippen molar-refractivity contribution in [2.45, 2.75) is 83.6 Å². The summed E-state index contributed by atoms with van der Waals surface area (Å²) in [5.74, 6) is 2.77. The van der Waals surface area contributed by atoms with Crippen molar-refractivity contribution in [2.75, 3.05) is 0 Å². The van der Waals surface area contributed by atoms with E-state index in [0.717, 1.165) is 6.42 Å². The molecule has 140 valence electrons. The van der Waals surface area contributed by atoms with Crippen LogP contribution in [-0.2, 0) is 14.3 Å². The van der Waals surface area contributed by atoms with Gasteiger partial charge in [0.2, 0.25) is 0 Å². The van der Waals surface area contributed by atoms with Gasteiger partial charge >= 0.3 is 5.97 Å². The lowest BCUT2D eigenvalue weighted by molar-refractivity contribution is -0.149. The molecule has 4 nitrogen and oxygen atoms in total. The first kappa shape index (κ1) is 21.7. The Hall–Kier alpha value is -1.35. The van der Waals surface area contributed by atoms with E-state index in [4.69, 9.17) is 9.47 Å². The predicted molar refractivity (Wildman–Crippen MR) is 104 cm³/mol. The smallest absolute Gasteiger partial charge is 0.302 e. The molecule has 0 bridgehead atoms. The molecule has 25 heavy (non-hydrogen) atoms. The zero-order valence-electron chi connectivity index (χ0n) is 16.1. The van der Waals surface area contributed by atoms with Crippen molar-refractivity contribution in [1.29, 1.82) is 0 Å². The second kappa shape index (κ2) is 10.6. The van der Waals surface area contributed by atoms with Gasteiger partial charge in [-0.1, -0.05) is 50.7 Å². The van der Waals surface area contributed by atoms with E-state index in [2.05, 4.69) is 38.0 Å². The normalized spacial score (nSPS) is 25.1. The first-order valence-electron chi connectivity index (χ1n) is 9.06. The average Bonchev–Trinajstić information content (AvgIpc) is 2.88. The number of aliphatic hydroxyl groups excluding tert-OH is 1. The number of hydrogen-bond acceptors (Lipinski definition) is 4. The molecule has 1 heterocycles. The lowest BCUT2D eigenvalue weighted by Gasteiger charge is -2.17. The Kier molecular flexibility index (Phi) is 9.19. The van der Waals surface area contributed by atoms with Gasteiger partial charge in [-0.2, -0.15) is 0 Å². The Morgan fingerprint density at radius 2 is 2.08 bits per heavy atom. The minimum Gasteiger partial charge on any atom is -0.460 e. The summed E-state index contributed by atoms with van der Waals surface area (Å²) < 4.78 is 11.3. The minimum absolute atomic E-state index is 0.233. The molecule has 0 aromatic heterocycles. The van der Waals surface area contributed by atoms with Crippen LogP contribution >= 0.6 is 0 Å². The number of hydrogen-bond donors (Lipinski definition) is 1. The number of allylic oxidation sites excluding steroid dienone is 2. The van der Waals surface area contributed by atoms with Gasteiger partial charge in [0, 0.05) is 13.3 Å². The lowest BCUT2D eigenvalue weighted by atomic mass is 10.0. The highest BCUT2D eigenvalue weighted by Gasteiger charge is 2.39. The van der Waals surface area contributed by atoms with Gasteiger partial charge < -0.3 is 14.6 Å². The SMILES string of the molecule is CC/C=C/C[C@H](O)[C@H]1C[C@@H](OC(C)=O)[C@@H](C/C=C/C#C[Si](C)(C)C)O1. The molecule has 0 spiro atoms. The fourth-order valence-electron chi connectivity index (χ4n) is 2.61. The summed E-state index contributed by atoms with van der Waals surface area (Å²) >= 11 is 0. The summed E-state index contributed by atoms with van der Waals surface area (Å²) in [7, 11) is -1.37. The van der Waals surface area contributed by atoms with E-state index in [1.165, 1.54) is 6.92 Å². The molecule has 1 saturated heterocycles. The number of carbonyl (C=O) groups is 1. The summed E-state index contributed by atoms with van der Waals surface area (Å²) in [6.07, 6.45) is 9.00. The van der Waals surface area contributed by atoms with E-state index in [0.29, 0.717) is 19.3 Å². The third-order valence-electron chi connectivity index (χ3n) is 3.77. The van der Waals surface area contributed by atoms with Crippen LogP contribution in [0.1, 0.15) is 39.5 Å². The van der Waals surface area contributed by atoms with Crippen LogP contribution in [0.2, 0.25) is 19.6 Å². The van der Waals surface area contributed by atoms with Gasteiger partial charge in [-0.05, 0) is 25.3 Å². The highest BCUT2D eigenvalue weighted by molar-refractivity contribution is 6.83. The van der Waals surface area contributed by atoms with Crippen molar-refractivity contribution in [3.63, 3.8) is 0 Å². The van der Waals surface area contributed by atoms with Crippen molar-refractivity contribution in [1.82, 2.24) is 0 Å². The van der Waals surface area contributed by atoms with Gasteiger partial charge in [0.15, 0.2) is 0 Å². The van der Waals surface area contributed by atoms with Crippen LogP contribution < -0.4 is 0 Å². The second-order valence-corrected chi connectivity index (χ2v) is 12.2. The van der Waals surface area contributed by atoms with Gasteiger partial charge in [-0.25, -0.2) is 0 Å². The van der Waals surface area contributed by atoms with E-state index in [1.54, 1.807) is 0 Å². The second-order valence-electron chi connectivity index (χ2n) is 7.44. The lowest BCUT2D eigenvalue weighted by Crippen LogP contribution is -2.25. The molecule has 1 rings (SSSR count). The summed E-state index contributed by atoms with van der Waals surface area (Å²) in [5.41, 5.74) is 3.27. The topological polar surface area (TPSA) is 55.8 Å². The first-order valence-corrected chi connectivity index (χ1v) is 12.6. The molecule has 0 aliphatic carbocycles. The molecular weight excluding hydrogens is 332 g/mol. The quantitative estimate of drug-likeness (QED) is 0.324. The molecule has 0 radical (unpaired) electrons. The van der Waals surface area contributed by atoms with E-state index in [-0.39, 0.29) is 24.3 Å². The number of aliphatic hydroxyl groups is 1. The third kappa shape index (κ3) is 9.06. The highest BCUT2D eigenvalue weighted by atomic mass is 28.3. The zero-order chi connectivity index (χ0) is 18.9.